The summed E-state index contributed by atoms with van der Waals surface area (Å²) in [6, 6.07) is 28.4. The third-order valence-corrected chi connectivity index (χ3v) is 9.53. The number of hydrogen-bond donors (Lipinski definition) is 1. The summed E-state index contributed by atoms with van der Waals surface area (Å²) in [4.78, 5) is 14.4. The van der Waals surface area contributed by atoms with Crippen molar-refractivity contribution in [3.8, 4) is 0 Å². The van der Waals surface area contributed by atoms with Crippen molar-refractivity contribution < 1.29 is 17.6 Å². The van der Waals surface area contributed by atoms with Gasteiger partial charge >= 0.3 is 0 Å². The van der Waals surface area contributed by atoms with Gasteiger partial charge in [-0.3, -0.25) is 4.79 Å². The van der Waals surface area contributed by atoms with Crippen molar-refractivity contribution >= 4 is 49.9 Å². The molecule has 4 aromatic carbocycles. The van der Waals surface area contributed by atoms with Gasteiger partial charge in [-0.05, 0) is 48.9 Å². The lowest BCUT2D eigenvalue weighted by Crippen LogP contribution is -2.54. The Morgan fingerprint density at radius 2 is 1.63 bits per heavy atom. The van der Waals surface area contributed by atoms with E-state index in [0.717, 1.165) is 11.1 Å². The second-order valence-corrected chi connectivity index (χ2v) is 11.9. The number of sulfonamides is 1. The van der Waals surface area contributed by atoms with Crippen molar-refractivity contribution in [2.75, 3.05) is 9.62 Å². The predicted molar refractivity (Wildman–Crippen MR) is 147 cm³/mol. The molecular weight excluding hydrogens is 520 g/mol. The molecule has 2 aliphatic rings. The molecule has 2 unspecified atom stereocenters. The van der Waals surface area contributed by atoms with Crippen LogP contribution in [0.2, 0.25) is 5.02 Å². The molecule has 0 saturated carbocycles. The number of amides is 1. The third kappa shape index (κ3) is 2.94. The van der Waals surface area contributed by atoms with Gasteiger partial charge in [0.15, 0.2) is 5.54 Å². The lowest BCUT2D eigenvalue weighted by atomic mass is 9.76. The Hall–Kier alpha value is -4.07. The van der Waals surface area contributed by atoms with Gasteiger partial charge in [-0.15, -0.1) is 0 Å². The van der Waals surface area contributed by atoms with E-state index in [1.807, 2.05) is 61.5 Å². The second-order valence-electron chi connectivity index (χ2n) is 9.65. The van der Waals surface area contributed by atoms with E-state index in [2.05, 4.69) is 5.32 Å². The average Bonchev–Trinajstić information content (AvgIpc) is 3.51. The van der Waals surface area contributed by atoms with E-state index in [-0.39, 0.29) is 4.90 Å². The van der Waals surface area contributed by atoms with Gasteiger partial charge in [0.2, 0.25) is 0 Å². The van der Waals surface area contributed by atoms with E-state index in [1.165, 1.54) is 4.31 Å². The molecule has 2 atom stereocenters. The first-order valence-corrected chi connectivity index (χ1v) is 14.0. The highest BCUT2D eigenvalue weighted by Gasteiger charge is 2.67. The Balaban J connectivity index is 1.64. The standard InChI is InChI=1S/C30H21ClN2O4S/c1-18-11-14-21(15-12-18)38(35,36)33-27-22-9-5-6-10-25(22)37-28(27)26(19-7-3-2-4-8-19)30(33)23-16-13-20(31)17-24(23)32-29(30)34/h2-17,26H,1H3,(H,32,34). The molecule has 188 valence electrons. The van der Waals surface area contributed by atoms with Crippen molar-refractivity contribution in [3.63, 3.8) is 0 Å². The molecule has 0 aliphatic carbocycles. The van der Waals surface area contributed by atoms with Crippen LogP contribution in [0, 0.1) is 6.92 Å². The number of nitrogens with zero attached hydrogens (tertiary/aromatic N) is 1. The number of para-hydroxylation sites is 1. The van der Waals surface area contributed by atoms with E-state index < -0.39 is 27.4 Å². The largest absolute Gasteiger partial charge is 0.458 e. The predicted octanol–water partition coefficient (Wildman–Crippen LogP) is 6.58. The molecule has 0 fully saturated rings. The Morgan fingerprint density at radius 3 is 2.39 bits per heavy atom. The molecule has 0 bridgehead atoms. The van der Waals surface area contributed by atoms with Gasteiger partial charge in [-0.1, -0.05) is 77.8 Å². The average molecular weight is 541 g/mol. The Labute approximate surface area is 224 Å². The maximum atomic E-state index is 14.7. The first-order valence-electron chi connectivity index (χ1n) is 12.1. The van der Waals surface area contributed by atoms with Crippen molar-refractivity contribution in [2.24, 2.45) is 0 Å². The van der Waals surface area contributed by atoms with E-state index in [0.29, 0.717) is 38.7 Å². The third-order valence-electron chi connectivity index (χ3n) is 7.48. The van der Waals surface area contributed by atoms with Crippen molar-refractivity contribution in [1.29, 1.82) is 0 Å². The van der Waals surface area contributed by atoms with Crippen LogP contribution >= 0.6 is 11.6 Å². The summed E-state index contributed by atoms with van der Waals surface area (Å²) in [6.07, 6.45) is 0. The number of benzene rings is 4. The highest BCUT2D eigenvalue weighted by atomic mass is 35.5. The smallest absolute Gasteiger partial charge is 0.265 e. The SMILES string of the molecule is Cc1ccc(S(=O)(=O)N2c3c(oc4ccccc34)C(c3ccccc3)C23C(=O)Nc2cc(Cl)ccc23)cc1. The maximum absolute atomic E-state index is 14.7. The van der Waals surface area contributed by atoms with Crippen molar-refractivity contribution in [1.82, 2.24) is 0 Å². The summed E-state index contributed by atoms with van der Waals surface area (Å²) in [7, 11) is -4.27. The molecule has 1 spiro atoms. The quantitative estimate of drug-likeness (QED) is 0.280. The lowest BCUT2D eigenvalue weighted by molar-refractivity contribution is -0.120. The summed E-state index contributed by atoms with van der Waals surface area (Å²) in [5.74, 6) is -0.797. The van der Waals surface area contributed by atoms with Gasteiger partial charge in [-0.25, -0.2) is 12.7 Å². The number of rotatable bonds is 3. The molecule has 1 amide bonds. The Bertz CT molecular complexity index is 1870. The van der Waals surface area contributed by atoms with Crippen LogP contribution < -0.4 is 9.62 Å². The van der Waals surface area contributed by atoms with Crippen LogP contribution in [0.3, 0.4) is 0 Å². The number of fused-ring (bicyclic) bond motifs is 5. The summed E-state index contributed by atoms with van der Waals surface area (Å²) in [6.45, 7) is 1.89. The number of hydrogen-bond acceptors (Lipinski definition) is 4. The zero-order chi connectivity index (χ0) is 26.2. The second kappa shape index (κ2) is 7.96. The van der Waals surface area contributed by atoms with Gasteiger partial charge < -0.3 is 9.73 Å². The van der Waals surface area contributed by atoms with Crippen LogP contribution in [-0.2, 0) is 20.4 Å². The van der Waals surface area contributed by atoms with Crippen molar-refractivity contribution in [2.45, 2.75) is 23.3 Å². The van der Waals surface area contributed by atoms with Gasteiger partial charge in [0.05, 0.1) is 10.8 Å². The fraction of sp³-hybridized carbons (Fsp3) is 0.100. The van der Waals surface area contributed by atoms with Gasteiger partial charge in [0.1, 0.15) is 17.0 Å². The van der Waals surface area contributed by atoms with E-state index in [4.69, 9.17) is 16.0 Å². The van der Waals surface area contributed by atoms with Crippen LogP contribution in [-0.4, -0.2) is 14.3 Å². The maximum Gasteiger partial charge on any atom is 0.265 e. The Kier molecular flexibility index (Phi) is 4.84. The normalized spacial score (nSPS) is 20.1. The molecule has 8 heteroatoms. The summed E-state index contributed by atoms with van der Waals surface area (Å²) >= 11 is 6.30. The first kappa shape index (κ1) is 23.1. The summed E-state index contributed by atoms with van der Waals surface area (Å²) in [5.41, 5.74) is 1.92. The fourth-order valence-corrected chi connectivity index (χ4v) is 7.84. The van der Waals surface area contributed by atoms with Gasteiger partial charge in [0, 0.05) is 21.7 Å². The van der Waals surface area contributed by atoms with Gasteiger partial charge in [0.25, 0.3) is 15.9 Å². The number of nitrogens with one attached hydrogen (secondary N) is 1. The highest BCUT2D eigenvalue weighted by molar-refractivity contribution is 7.93. The number of carbonyl (C=O) groups excluding carboxylic acids is 1. The minimum atomic E-state index is -4.27. The van der Waals surface area contributed by atoms with Crippen LogP contribution in [0.5, 0.6) is 0 Å². The highest BCUT2D eigenvalue weighted by Crippen LogP contribution is 2.63. The monoisotopic (exact) mass is 540 g/mol. The van der Waals surface area contributed by atoms with Crippen LogP contribution in [0.15, 0.2) is 106 Å². The zero-order valence-electron chi connectivity index (χ0n) is 20.2. The molecular formula is C30H21ClN2O4S. The van der Waals surface area contributed by atoms with Gasteiger partial charge in [-0.2, -0.15) is 0 Å². The number of halogens is 1. The molecule has 0 saturated heterocycles. The molecule has 1 aromatic heterocycles. The molecule has 3 heterocycles. The fourth-order valence-electron chi connectivity index (χ4n) is 5.88. The van der Waals surface area contributed by atoms with E-state index >= 15 is 0 Å². The molecule has 6 nitrogen and oxygen atoms in total. The first-order chi connectivity index (χ1) is 18.3. The lowest BCUT2D eigenvalue weighted by Gasteiger charge is -2.38. The Morgan fingerprint density at radius 1 is 0.921 bits per heavy atom. The molecule has 0 radical (unpaired) electrons. The minimum absolute atomic E-state index is 0.0858. The minimum Gasteiger partial charge on any atom is -0.458 e. The number of aryl methyl sites for hydroxylation is 1. The van der Waals surface area contributed by atoms with E-state index in [1.54, 1.807) is 42.5 Å². The molecule has 38 heavy (non-hydrogen) atoms. The molecule has 7 rings (SSSR count). The van der Waals surface area contributed by atoms with Crippen LogP contribution in [0.25, 0.3) is 11.0 Å². The number of furan rings is 1. The van der Waals surface area contributed by atoms with E-state index in [9.17, 15) is 13.2 Å². The molecule has 5 aromatic rings. The van der Waals surface area contributed by atoms with Crippen LogP contribution in [0.1, 0.15) is 28.4 Å². The topological polar surface area (TPSA) is 79.6 Å². The number of carbonyl (C=O) groups is 1. The number of anilines is 2. The molecule has 1 N–H and O–H groups in total. The zero-order valence-corrected chi connectivity index (χ0v) is 21.8. The summed E-state index contributed by atoms with van der Waals surface area (Å²) < 4.78 is 37.1. The van der Waals surface area contributed by atoms with Crippen molar-refractivity contribution in [3.05, 3.63) is 125 Å². The van der Waals surface area contributed by atoms with Crippen LogP contribution in [0.4, 0.5) is 11.4 Å². The summed E-state index contributed by atoms with van der Waals surface area (Å²) in [5, 5.41) is 3.99. The molecule has 2 aliphatic heterocycles.